The van der Waals surface area contributed by atoms with E-state index in [9.17, 15) is 4.79 Å². The van der Waals surface area contributed by atoms with Crippen molar-refractivity contribution in [2.24, 2.45) is 7.05 Å². The molecule has 0 bridgehead atoms. The van der Waals surface area contributed by atoms with E-state index >= 15 is 0 Å². The number of Topliss-reactive ketones (excluding diaryl/α,β-unsaturated/α-hetero) is 1. The molecule has 0 aliphatic carbocycles. The Kier molecular flexibility index (Phi) is 2.94. The van der Waals surface area contributed by atoms with Crippen LogP contribution < -0.4 is 0 Å². The summed E-state index contributed by atoms with van der Waals surface area (Å²) in [5.74, 6) is 0.109. The normalized spacial score (nSPS) is 10.9. The lowest BCUT2D eigenvalue weighted by atomic mass is 9.96. The minimum absolute atomic E-state index is 0.109. The van der Waals surface area contributed by atoms with Crippen LogP contribution in [0, 0.1) is 6.92 Å². The van der Waals surface area contributed by atoms with Crippen LogP contribution in [0.25, 0.3) is 22.0 Å². The maximum atomic E-state index is 11.4. The number of carbonyl (C=O) groups is 1. The highest BCUT2D eigenvalue weighted by Crippen LogP contribution is 2.28. The number of rotatable bonds is 2. The number of hydrogen-bond donors (Lipinski definition) is 0. The van der Waals surface area contributed by atoms with Crippen LogP contribution in [0.15, 0.2) is 48.7 Å². The minimum Gasteiger partial charge on any atom is -0.351 e. The number of nitrogens with zero attached hydrogens (tertiary/aromatic N) is 1. The third kappa shape index (κ3) is 2.03. The predicted octanol–water partition coefficient (Wildman–Crippen LogP) is 4.36. The van der Waals surface area contributed by atoms with Gasteiger partial charge in [0.1, 0.15) is 0 Å². The fourth-order valence-electron chi connectivity index (χ4n) is 2.66. The van der Waals surface area contributed by atoms with Gasteiger partial charge in [-0.1, -0.05) is 18.2 Å². The van der Waals surface area contributed by atoms with Crippen molar-refractivity contribution in [2.45, 2.75) is 13.8 Å². The predicted molar refractivity (Wildman–Crippen MR) is 83.1 cm³/mol. The lowest BCUT2D eigenvalue weighted by Crippen LogP contribution is -1.94. The molecule has 2 nitrogen and oxygen atoms in total. The van der Waals surface area contributed by atoms with Crippen LogP contribution >= 0.6 is 0 Å². The SMILES string of the molecule is CC(=O)c1ccc(-c2ccc3c(ccn3C)c2)c(C)c1. The summed E-state index contributed by atoms with van der Waals surface area (Å²) < 4.78 is 2.12. The standard InChI is InChI=1S/C18H17NO/c1-12-10-14(13(2)20)4-6-17(12)15-5-7-18-16(11-15)8-9-19(18)3/h4-11H,1-3H3. The highest BCUT2D eigenvalue weighted by atomic mass is 16.1. The quantitative estimate of drug-likeness (QED) is 0.630. The van der Waals surface area contributed by atoms with Gasteiger partial charge < -0.3 is 4.57 Å². The van der Waals surface area contributed by atoms with Crippen molar-refractivity contribution in [1.82, 2.24) is 4.57 Å². The molecule has 0 radical (unpaired) electrons. The van der Waals surface area contributed by atoms with Gasteiger partial charge in [-0.05, 0) is 54.8 Å². The molecule has 1 heterocycles. The first-order chi connectivity index (χ1) is 9.56. The summed E-state index contributed by atoms with van der Waals surface area (Å²) in [4.78, 5) is 11.4. The van der Waals surface area contributed by atoms with Crippen LogP contribution in [-0.4, -0.2) is 10.4 Å². The molecule has 2 aromatic carbocycles. The molecule has 0 saturated carbocycles. The Bertz CT molecular complexity index is 811. The van der Waals surface area contributed by atoms with Crippen LogP contribution in [0.1, 0.15) is 22.8 Å². The van der Waals surface area contributed by atoms with Gasteiger partial charge in [-0.3, -0.25) is 4.79 Å². The van der Waals surface area contributed by atoms with Gasteiger partial charge in [0.25, 0.3) is 0 Å². The monoisotopic (exact) mass is 263 g/mol. The van der Waals surface area contributed by atoms with E-state index in [0.29, 0.717) is 0 Å². The zero-order chi connectivity index (χ0) is 14.3. The lowest BCUT2D eigenvalue weighted by Gasteiger charge is -2.08. The molecule has 0 aliphatic heterocycles. The molecule has 0 aliphatic rings. The van der Waals surface area contributed by atoms with Gasteiger partial charge in [0, 0.05) is 29.7 Å². The van der Waals surface area contributed by atoms with Crippen molar-refractivity contribution in [1.29, 1.82) is 0 Å². The summed E-state index contributed by atoms with van der Waals surface area (Å²) in [5.41, 5.74) is 5.50. The minimum atomic E-state index is 0.109. The second-order valence-corrected chi connectivity index (χ2v) is 5.29. The molecule has 1 aromatic heterocycles. The molecule has 0 fully saturated rings. The van der Waals surface area contributed by atoms with Crippen molar-refractivity contribution < 1.29 is 4.79 Å². The van der Waals surface area contributed by atoms with E-state index in [1.807, 2.05) is 18.2 Å². The second kappa shape index (κ2) is 4.64. The molecular formula is C18H17NO. The Hall–Kier alpha value is -2.35. The van der Waals surface area contributed by atoms with Crippen molar-refractivity contribution in [3.8, 4) is 11.1 Å². The molecular weight excluding hydrogens is 246 g/mol. The van der Waals surface area contributed by atoms with Crippen LogP contribution in [0.4, 0.5) is 0 Å². The summed E-state index contributed by atoms with van der Waals surface area (Å²) in [6.07, 6.45) is 2.07. The largest absolute Gasteiger partial charge is 0.351 e. The summed E-state index contributed by atoms with van der Waals surface area (Å²) in [6.45, 7) is 3.65. The van der Waals surface area contributed by atoms with Crippen LogP contribution in [-0.2, 0) is 7.05 Å². The zero-order valence-electron chi connectivity index (χ0n) is 12.0. The van der Waals surface area contributed by atoms with Gasteiger partial charge in [-0.2, -0.15) is 0 Å². The summed E-state index contributed by atoms with van der Waals surface area (Å²) in [5, 5.41) is 1.24. The molecule has 100 valence electrons. The smallest absolute Gasteiger partial charge is 0.159 e. The Morgan fingerprint density at radius 1 is 1.05 bits per heavy atom. The zero-order valence-corrected chi connectivity index (χ0v) is 12.0. The highest BCUT2D eigenvalue weighted by molar-refractivity contribution is 5.95. The van der Waals surface area contributed by atoms with Gasteiger partial charge in [0.15, 0.2) is 5.78 Å². The second-order valence-electron chi connectivity index (χ2n) is 5.29. The number of hydrogen-bond acceptors (Lipinski definition) is 1. The third-order valence-electron chi connectivity index (χ3n) is 3.83. The highest BCUT2D eigenvalue weighted by Gasteiger charge is 2.07. The number of aromatic nitrogens is 1. The number of fused-ring (bicyclic) bond motifs is 1. The molecule has 0 atom stereocenters. The van der Waals surface area contributed by atoms with Gasteiger partial charge in [-0.15, -0.1) is 0 Å². The van der Waals surface area contributed by atoms with Gasteiger partial charge in [0.05, 0.1) is 0 Å². The number of benzene rings is 2. The number of carbonyl (C=O) groups excluding carboxylic acids is 1. The topological polar surface area (TPSA) is 22.0 Å². The van der Waals surface area contributed by atoms with E-state index in [1.54, 1.807) is 6.92 Å². The third-order valence-corrected chi connectivity index (χ3v) is 3.83. The number of ketones is 1. The van der Waals surface area contributed by atoms with Crippen molar-refractivity contribution in [2.75, 3.05) is 0 Å². The first kappa shape index (κ1) is 12.7. The fourth-order valence-corrected chi connectivity index (χ4v) is 2.66. The van der Waals surface area contributed by atoms with E-state index in [0.717, 1.165) is 11.1 Å². The maximum Gasteiger partial charge on any atom is 0.159 e. The first-order valence-corrected chi connectivity index (χ1v) is 6.73. The van der Waals surface area contributed by atoms with E-state index in [4.69, 9.17) is 0 Å². The Morgan fingerprint density at radius 2 is 1.85 bits per heavy atom. The summed E-state index contributed by atoms with van der Waals surface area (Å²) in [6, 6.07) is 14.5. The fraction of sp³-hybridized carbons (Fsp3) is 0.167. The van der Waals surface area contributed by atoms with Gasteiger partial charge in [0.2, 0.25) is 0 Å². The molecule has 2 heteroatoms. The van der Waals surface area contributed by atoms with Crippen LogP contribution in [0.2, 0.25) is 0 Å². The van der Waals surface area contributed by atoms with E-state index in [1.165, 1.54) is 22.0 Å². The molecule has 0 spiro atoms. The maximum absolute atomic E-state index is 11.4. The van der Waals surface area contributed by atoms with E-state index in [-0.39, 0.29) is 5.78 Å². The van der Waals surface area contributed by atoms with Crippen LogP contribution in [0.5, 0.6) is 0 Å². The summed E-state index contributed by atoms with van der Waals surface area (Å²) in [7, 11) is 2.05. The Balaban J connectivity index is 2.12. The van der Waals surface area contributed by atoms with Gasteiger partial charge in [-0.25, -0.2) is 0 Å². The number of aryl methyl sites for hydroxylation is 2. The molecule has 20 heavy (non-hydrogen) atoms. The van der Waals surface area contributed by atoms with E-state index < -0.39 is 0 Å². The lowest BCUT2D eigenvalue weighted by molar-refractivity contribution is 0.101. The Labute approximate surface area is 118 Å². The molecule has 0 amide bonds. The van der Waals surface area contributed by atoms with E-state index in [2.05, 4.69) is 49.0 Å². The van der Waals surface area contributed by atoms with Crippen molar-refractivity contribution in [3.63, 3.8) is 0 Å². The average molecular weight is 263 g/mol. The molecule has 3 aromatic rings. The average Bonchev–Trinajstić information content (AvgIpc) is 2.79. The molecule has 0 unspecified atom stereocenters. The van der Waals surface area contributed by atoms with Crippen molar-refractivity contribution >= 4 is 16.7 Å². The van der Waals surface area contributed by atoms with Gasteiger partial charge >= 0.3 is 0 Å². The molecule has 0 N–H and O–H groups in total. The van der Waals surface area contributed by atoms with Crippen molar-refractivity contribution in [3.05, 3.63) is 59.8 Å². The molecule has 0 saturated heterocycles. The molecule has 3 rings (SSSR count). The first-order valence-electron chi connectivity index (χ1n) is 6.73. The van der Waals surface area contributed by atoms with Crippen LogP contribution in [0.3, 0.4) is 0 Å². The summed E-state index contributed by atoms with van der Waals surface area (Å²) >= 11 is 0. The Morgan fingerprint density at radius 3 is 2.55 bits per heavy atom.